The highest BCUT2D eigenvalue weighted by molar-refractivity contribution is 5.47. The second-order valence-corrected chi connectivity index (χ2v) is 4.04. The SMILES string of the molecule is CN(Cc1cccnc1)c1ccc(CO)cc1. The fourth-order valence-corrected chi connectivity index (χ4v) is 1.71. The molecule has 0 atom stereocenters. The Balaban J connectivity index is 2.06. The quantitative estimate of drug-likeness (QED) is 0.871. The lowest BCUT2D eigenvalue weighted by Crippen LogP contribution is -2.16. The molecule has 0 spiro atoms. The average Bonchev–Trinajstić information content (AvgIpc) is 2.40. The lowest BCUT2D eigenvalue weighted by atomic mass is 10.2. The van der Waals surface area contributed by atoms with Crippen LogP contribution in [0.4, 0.5) is 5.69 Å². The number of hydrogen-bond donors (Lipinski definition) is 1. The molecule has 0 aliphatic rings. The largest absolute Gasteiger partial charge is 0.392 e. The summed E-state index contributed by atoms with van der Waals surface area (Å²) in [5.41, 5.74) is 3.25. The molecule has 1 aromatic carbocycles. The maximum absolute atomic E-state index is 8.98. The van der Waals surface area contributed by atoms with Gasteiger partial charge in [-0.3, -0.25) is 4.98 Å². The van der Waals surface area contributed by atoms with Crippen molar-refractivity contribution >= 4 is 5.69 Å². The molecule has 3 heteroatoms. The number of aromatic nitrogens is 1. The number of anilines is 1. The van der Waals surface area contributed by atoms with Gasteiger partial charge >= 0.3 is 0 Å². The van der Waals surface area contributed by atoms with Gasteiger partial charge in [-0.2, -0.15) is 0 Å². The van der Waals surface area contributed by atoms with E-state index in [1.807, 2.05) is 43.6 Å². The third kappa shape index (κ3) is 3.04. The van der Waals surface area contributed by atoms with E-state index < -0.39 is 0 Å². The minimum atomic E-state index is 0.0899. The van der Waals surface area contributed by atoms with Gasteiger partial charge in [0, 0.05) is 31.7 Å². The van der Waals surface area contributed by atoms with Crippen LogP contribution in [0.2, 0.25) is 0 Å². The Morgan fingerprint density at radius 2 is 1.88 bits per heavy atom. The number of benzene rings is 1. The van der Waals surface area contributed by atoms with Crippen LogP contribution in [0, 0.1) is 0 Å². The van der Waals surface area contributed by atoms with Gasteiger partial charge in [0.25, 0.3) is 0 Å². The van der Waals surface area contributed by atoms with E-state index in [-0.39, 0.29) is 6.61 Å². The number of aliphatic hydroxyl groups is 1. The lowest BCUT2D eigenvalue weighted by molar-refractivity contribution is 0.282. The van der Waals surface area contributed by atoms with Crippen molar-refractivity contribution in [2.24, 2.45) is 0 Å². The highest BCUT2D eigenvalue weighted by atomic mass is 16.3. The Kier molecular flexibility index (Phi) is 3.73. The second-order valence-electron chi connectivity index (χ2n) is 4.04. The van der Waals surface area contributed by atoms with Gasteiger partial charge in [-0.25, -0.2) is 0 Å². The summed E-state index contributed by atoms with van der Waals surface area (Å²) in [7, 11) is 2.04. The van der Waals surface area contributed by atoms with E-state index >= 15 is 0 Å². The highest BCUT2D eigenvalue weighted by Crippen LogP contribution is 2.16. The third-order valence-corrected chi connectivity index (χ3v) is 2.70. The lowest BCUT2D eigenvalue weighted by Gasteiger charge is -2.19. The van der Waals surface area contributed by atoms with E-state index in [1.54, 1.807) is 6.20 Å². The van der Waals surface area contributed by atoms with Gasteiger partial charge in [0.2, 0.25) is 0 Å². The standard InChI is InChI=1S/C14H16N2O/c1-16(10-13-3-2-8-15-9-13)14-6-4-12(11-17)5-7-14/h2-9,17H,10-11H2,1H3. The highest BCUT2D eigenvalue weighted by Gasteiger charge is 2.01. The van der Waals surface area contributed by atoms with Crippen LogP contribution in [0.15, 0.2) is 48.8 Å². The monoisotopic (exact) mass is 228 g/mol. The zero-order valence-electron chi connectivity index (χ0n) is 9.87. The fraction of sp³-hybridized carbons (Fsp3) is 0.214. The normalized spacial score (nSPS) is 10.2. The Morgan fingerprint density at radius 3 is 2.47 bits per heavy atom. The van der Waals surface area contributed by atoms with Gasteiger partial charge in [0.15, 0.2) is 0 Å². The number of nitrogens with zero attached hydrogens (tertiary/aromatic N) is 2. The molecule has 0 fully saturated rings. The zero-order valence-corrected chi connectivity index (χ0v) is 9.87. The molecule has 2 rings (SSSR count). The third-order valence-electron chi connectivity index (χ3n) is 2.70. The van der Waals surface area contributed by atoms with Gasteiger partial charge in [-0.15, -0.1) is 0 Å². The number of hydrogen-bond acceptors (Lipinski definition) is 3. The predicted molar refractivity (Wildman–Crippen MR) is 68.7 cm³/mol. The minimum absolute atomic E-state index is 0.0899. The van der Waals surface area contributed by atoms with Crippen LogP contribution >= 0.6 is 0 Å². The molecule has 1 N–H and O–H groups in total. The fourth-order valence-electron chi connectivity index (χ4n) is 1.71. The van der Waals surface area contributed by atoms with E-state index in [0.29, 0.717) is 0 Å². The van der Waals surface area contributed by atoms with Crippen molar-refractivity contribution in [2.75, 3.05) is 11.9 Å². The summed E-state index contributed by atoms with van der Waals surface area (Å²) in [4.78, 5) is 6.25. The zero-order chi connectivity index (χ0) is 12.1. The molecule has 0 radical (unpaired) electrons. The molecule has 1 aromatic heterocycles. The molecule has 3 nitrogen and oxygen atoms in total. The first-order valence-corrected chi connectivity index (χ1v) is 5.59. The summed E-state index contributed by atoms with van der Waals surface area (Å²) in [5.74, 6) is 0. The van der Waals surface area contributed by atoms with Crippen LogP contribution in [0.25, 0.3) is 0 Å². The summed E-state index contributed by atoms with van der Waals surface area (Å²) in [5, 5.41) is 8.98. The van der Waals surface area contributed by atoms with Crippen molar-refractivity contribution in [3.05, 3.63) is 59.9 Å². The molecule has 88 valence electrons. The maximum Gasteiger partial charge on any atom is 0.0681 e. The topological polar surface area (TPSA) is 36.4 Å². The summed E-state index contributed by atoms with van der Waals surface area (Å²) in [6.07, 6.45) is 3.65. The molecule has 17 heavy (non-hydrogen) atoms. The van der Waals surface area contributed by atoms with Gasteiger partial charge in [-0.05, 0) is 29.3 Å². The molecule has 1 heterocycles. The molecular formula is C14H16N2O. The van der Waals surface area contributed by atoms with Crippen molar-refractivity contribution in [3.8, 4) is 0 Å². The Morgan fingerprint density at radius 1 is 1.12 bits per heavy atom. The first kappa shape index (κ1) is 11.6. The van der Waals surface area contributed by atoms with Gasteiger partial charge in [0.05, 0.1) is 6.61 Å². The van der Waals surface area contributed by atoms with Crippen LogP contribution in [0.1, 0.15) is 11.1 Å². The summed E-state index contributed by atoms with van der Waals surface area (Å²) in [6, 6.07) is 11.9. The molecule has 0 aliphatic carbocycles. The van der Waals surface area contributed by atoms with E-state index in [4.69, 9.17) is 5.11 Å². The molecule has 0 aliphatic heterocycles. The van der Waals surface area contributed by atoms with Crippen molar-refractivity contribution < 1.29 is 5.11 Å². The predicted octanol–water partition coefficient (Wildman–Crippen LogP) is 2.21. The molecule has 0 bridgehead atoms. The Labute approximate surface area is 101 Å². The first-order valence-electron chi connectivity index (χ1n) is 5.59. The molecular weight excluding hydrogens is 212 g/mol. The Hall–Kier alpha value is -1.87. The maximum atomic E-state index is 8.98. The van der Waals surface area contributed by atoms with Crippen molar-refractivity contribution in [1.82, 2.24) is 4.98 Å². The van der Waals surface area contributed by atoms with Crippen LogP contribution in [-0.2, 0) is 13.2 Å². The van der Waals surface area contributed by atoms with E-state index in [9.17, 15) is 0 Å². The summed E-state index contributed by atoms with van der Waals surface area (Å²) < 4.78 is 0. The molecule has 0 unspecified atom stereocenters. The van der Waals surface area contributed by atoms with E-state index in [1.165, 1.54) is 5.56 Å². The summed E-state index contributed by atoms with van der Waals surface area (Å²) in [6.45, 7) is 0.916. The van der Waals surface area contributed by atoms with Crippen LogP contribution < -0.4 is 4.90 Å². The Bertz CT molecular complexity index is 453. The number of pyridine rings is 1. The summed E-state index contributed by atoms with van der Waals surface area (Å²) >= 11 is 0. The average molecular weight is 228 g/mol. The van der Waals surface area contributed by atoms with Crippen LogP contribution in [-0.4, -0.2) is 17.1 Å². The first-order chi connectivity index (χ1) is 8.29. The minimum Gasteiger partial charge on any atom is -0.392 e. The van der Waals surface area contributed by atoms with E-state index in [2.05, 4.69) is 16.0 Å². The smallest absolute Gasteiger partial charge is 0.0681 e. The van der Waals surface area contributed by atoms with Crippen LogP contribution in [0.3, 0.4) is 0 Å². The van der Waals surface area contributed by atoms with Gasteiger partial charge in [0.1, 0.15) is 0 Å². The molecule has 2 aromatic rings. The van der Waals surface area contributed by atoms with Crippen molar-refractivity contribution in [2.45, 2.75) is 13.2 Å². The molecule has 0 saturated carbocycles. The number of aliphatic hydroxyl groups excluding tert-OH is 1. The molecule has 0 amide bonds. The van der Waals surface area contributed by atoms with E-state index in [0.717, 1.165) is 17.8 Å². The molecule has 0 saturated heterocycles. The number of rotatable bonds is 4. The van der Waals surface area contributed by atoms with Crippen molar-refractivity contribution in [3.63, 3.8) is 0 Å². The van der Waals surface area contributed by atoms with Crippen LogP contribution in [0.5, 0.6) is 0 Å². The van der Waals surface area contributed by atoms with Gasteiger partial charge < -0.3 is 10.0 Å². The van der Waals surface area contributed by atoms with Crippen molar-refractivity contribution in [1.29, 1.82) is 0 Å². The second kappa shape index (κ2) is 5.46. The van der Waals surface area contributed by atoms with Gasteiger partial charge in [-0.1, -0.05) is 18.2 Å².